The van der Waals surface area contributed by atoms with Crippen molar-refractivity contribution in [2.45, 2.75) is 50.5 Å². The van der Waals surface area contributed by atoms with E-state index in [0.717, 1.165) is 11.3 Å². The highest BCUT2D eigenvalue weighted by molar-refractivity contribution is 7.89. The van der Waals surface area contributed by atoms with E-state index in [2.05, 4.69) is 20.8 Å². The van der Waals surface area contributed by atoms with Gasteiger partial charge in [0.1, 0.15) is 5.75 Å². The lowest BCUT2D eigenvalue weighted by molar-refractivity contribution is -0.124. The Kier molecular flexibility index (Phi) is 5.98. The summed E-state index contributed by atoms with van der Waals surface area (Å²) < 4.78 is 31.8. The molecule has 0 aliphatic carbocycles. The number of hydrogen-bond donors (Lipinski definition) is 0. The fraction of sp³-hybridized carbons (Fsp3) is 0.435. The molecule has 2 aromatic carbocycles. The second kappa shape index (κ2) is 8.04. The van der Waals surface area contributed by atoms with Crippen LogP contribution in [0.3, 0.4) is 0 Å². The average molecular weight is 431 g/mol. The maximum atomic E-state index is 13.0. The van der Waals surface area contributed by atoms with Crippen molar-refractivity contribution in [3.05, 3.63) is 53.6 Å². The van der Waals surface area contributed by atoms with Gasteiger partial charge in [0.15, 0.2) is 6.10 Å². The highest BCUT2D eigenvalue weighted by Crippen LogP contribution is 2.32. The Morgan fingerprint density at radius 3 is 2.30 bits per heavy atom. The van der Waals surface area contributed by atoms with E-state index >= 15 is 0 Å². The number of carbonyl (C=O) groups excluding carboxylic acids is 1. The van der Waals surface area contributed by atoms with Crippen LogP contribution in [0.4, 0.5) is 5.69 Å². The molecule has 1 amide bonds. The number of rotatable bonds is 5. The van der Waals surface area contributed by atoms with Gasteiger partial charge in [-0.2, -0.15) is 0 Å². The lowest BCUT2D eigenvalue weighted by Gasteiger charge is -2.23. The van der Waals surface area contributed by atoms with Crippen LogP contribution in [0, 0.1) is 0 Å². The number of benzene rings is 2. The third-order valence-corrected chi connectivity index (χ3v) is 7.18. The molecule has 3 rings (SSSR count). The van der Waals surface area contributed by atoms with Crippen LogP contribution in [-0.4, -0.2) is 45.4 Å². The van der Waals surface area contributed by atoms with Gasteiger partial charge < -0.3 is 9.64 Å². The van der Waals surface area contributed by atoms with E-state index in [1.807, 2.05) is 24.3 Å². The van der Waals surface area contributed by atoms with E-state index in [-0.39, 0.29) is 16.2 Å². The molecule has 0 radical (unpaired) electrons. The zero-order valence-electron chi connectivity index (χ0n) is 18.5. The Balaban J connectivity index is 1.74. The molecule has 0 fully saturated rings. The van der Waals surface area contributed by atoms with Crippen molar-refractivity contribution in [2.24, 2.45) is 0 Å². The van der Waals surface area contributed by atoms with Crippen LogP contribution in [0.2, 0.25) is 0 Å². The number of hydrogen-bond acceptors (Lipinski definition) is 4. The van der Waals surface area contributed by atoms with Gasteiger partial charge >= 0.3 is 0 Å². The summed E-state index contributed by atoms with van der Waals surface area (Å²) in [5.74, 6) is 0.507. The van der Waals surface area contributed by atoms with Crippen molar-refractivity contribution < 1.29 is 17.9 Å². The zero-order chi connectivity index (χ0) is 22.3. The fourth-order valence-electron chi connectivity index (χ4n) is 3.49. The Bertz CT molecular complexity index is 1040. The molecule has 30 heavy (non-hydrogen) atoms. The Morgan fingerprint density at radius 1 is 1.10 bits per heavy atom. The molecule has 1 heterocycles. The first-order chi connectivity index (χ1) is 13.9. The van der Waals surface area contributed by atoms with Crippen LogP contribution in [0.1, 0.15) is 38.8 Å². The average Bonchev–Trinajstić information content (AvgIpc) is 3.10. The van der Waals surface area contributed by atoms with Crippen molar-refractivity contribution in [3.8, 4) is 5.75 Å². The van der Waals surface area contributed by atoms with Crippen molar-refractivity contribution >= 4 is 21.6 Å². The molecule has 0 saturated carbocycles. The number of nitrogens with zero attached hydrogens (tertiary/aromatic N) is 2. The largest absolute Gasteiger partial charge is 0.481 e. The van der Waals surface area contributed by atoms with Gasteiger partial charge in [-0.05, 0) is 60.2 Å². The van der Waals surface area contributed by atoms with Crippen LogP contribution < -0.4 is 9.64 Å². The van der Waals surface area contributed by atoms with Crippen molar-refractivity contribution in [2.75, 3.05) is 25.5 Å². The van der Waals surface area contributed by atoms with Gasteiger partial charge in [0.25, 0.3) is 5.91 Å². The molecule has 0 spiro atoms. The minimum atomic E-state index is -3.50. The summed E-state index contributed by atoms with van der Waals surface area (Å²) in [6.45, 7) is 8.69. The lowest BCUT2D eigenvalue weighted by atomic mass is 9.87. The third-order valence-electron chi connectivity index (χ3n) is 5.37. The van der Waals surface area contributed by atoms with E-state index < -0.39 is 16.1 Å². The molecule has 162 valence electrons. The molecular weight excluding hydrogens is 400 g/mol. The van der Waals surface area contributed by atoms with Crippen LogP contribution in [-0.2, 0) is 26.7 Å². The summed E-state index contributed by atoms with van der Waals surface area (Å²) in [4.78, 5) is 14.9. The standard InChI is InChI=1S/C23H30N2O4S/c1-16(29-19-9-7-18(8-10-19)23(2,3)4)22(26)25-14-13-17-15-20(11-12-21(17)25)30(27,28)24(5)6/h7-12,15-16H,13-14H2,1-6H3/t16-/m1/s1. The molecule has 0 aromatic heterocycles. The van der Waals surface area contributed by atoms with Crippen LogP contribution in [0.15, 0.2) is 47.4 Å². The predicted octanol–water partition coefficient (Wildman–Crippen LogP) is 3.59. The molecule has 7 heteroatoms. The minimum Gasteiger partial charge on any atom is -0.481 e. The van der Waals surface area contributed by atoms with Crippen LogP contribution >= 0.6 is 0 Å². The van der Waals surface area contributed by atoms with Gasteiger partial charge in [0.05, 0.1) is 4.90 Å². The second-order valence-electron chi connectivity index (χ2n) is 8.85. The topological polar surface area (TPSA) is 66.9 Å². The summed E-state index contributed by atoms with van der Waals surface area (Å²) in [7, 11) is -0.491. The summed E-state index contributed by atoms with van der Waals surface area (Å²) in [5, 5.41) is 0. The highest BCUT2D eigenvalue weighted by Gasteiger charge is 2.30. The van der Waals surface area contributed by atoms with Crippen molar-refractivity contribution in [3.63, 3.8) is 0 Å². The van der Waals surface area contributed by atoms with Crippen LogP contribution in [0.25, 0.3) is 0 Å². The summed E-state index contributed by atoms with van der Waals surface area (Å²) in [6, 6.07) is 12.7. The first kappa shape index (κ1) is 22.3. The molecule has 1 aliphatic heterocycles. The quantitative estimate of drug-likeness (QED) is 0.727. The first-order valence-corrected chi connectivity index (χ1v) is 11.5. The summed E-state index contributed by atoms with van der Waals surface area (Å²) in [5.41, 5.74) is 2.85. The molecule has 0 saturated heterocycles. The van der Waals surface area contributed by atoms with Crippen molar-refractivity contribution in [1.82, 2.24) is 4.31 Å². The molecule has 2 aromatic rings. The van der Waals surface area contributed by atoms with Gasteiger partial charge in [-0.15, -0.1) is 0 Å². The molecule has 1 atom stereocenters. The highest BCUT2D eigenvalue weighted by atomic mass is 32.2. The maximum Gasteiger partial charge on any atom is 0.267 e. The van der Waals surface area contributed by atoms with Gasteiger partial charge in [0, 0.05) is 26.3 Å². The van der Waals surface area contributed by atoms with Crippen LogP contribution in [0.5, 0.6) is 5.75 Å². The number of ether oxygens (including phenoxy) is 1. The number of amides is 1. The maximum absolute atomic E-state index is 13.0. The van der Waals surface area contributed by atoms with Gasteiger partial charge in [-0.25, -0.2) is 12.7 Å². The number of anilines is 1. The van der Waals surface area contributed by atoms with E-state index in [1.54, 1.807) is 30.0 Å². The molecule has 0 unspecified atom stereocenters. The second-order valence-corrected chi connectivity index (χ2v) is 11.0. The molecule has 0 N–H and O–H groups in total. The normalized spacial score (nSPS) is 15.2. The molecule has 6 nitrogen and oxygen atoms in total. The monoisotopic (exact) mass is 430 g/mol. The SMILES string of the molecule is C[C@@H](Oc1ccc(C(C)(C)C)cc1)C(=O)N1CCc2cc(S(=O)(=O)N(C)C)ccc21. The number of fused-ring (bicyclic) bond motifs is 1. The van der Waals surface area contributed by atoms with E-state index in [1.165, 1.54) is 24.0 Å². The number of carbonyl (C=O) groups is 1. The predicted molar refractivity (Wildman–Crippen MR) is 119 cm³/mol. The molecule has 1 aliphatic rings. The Hall–Kier alpha value is -2.38. The minimum absolute atomic E-state index is 0.0537. The molecule has 0 bridgehead atoms. The number of sulfonamides is 1. The summed E-state index contributed by atoms with van der Waals surface area (Å²) >= 11 is 0. The molecular formula is C23H30N2O4S. The van der Waals surface area contributed by atoms with Crippen molar-refractivity contribution in [1.29, 1.82) is 0 Å². The zero-order valence-corrected chi connectivity index (χ0v) is 19.3. The lowest BCUT2D eigenvalue weighted by Crippen LogP contribution is -2.39. The van der Waals surface area contributed by atoms with E-state index in [4.69, 9.17) is 4.74 Å². The summed E-state index contributed by atoms with van der Waals surface area (Å²) in [6.07, 6.45) is -0.0353. The Morgan fingerprint density at radius 2 is 1.73 bits per heavy atom. The van der Waals surface area contributed by atoms with E-state index in [0.29, 0.717) is 18.7 Å². The van der Waals surface area contributed by atoms with Gasteiger partial charge in [0.2, 0.25) is 10.0 Å². The van der Waals surface area contributed by atoms with Gasteiger partial charge in [-0.3, -0.25) is 4.79 Å². The first-order valence-electron chi connectivity index (χ1n) is 10.1. The third kappa shape index (κ3) is 4.37. The Labute approximate surface area is 179 Å². The smallest absolute Gasteiger partial charge is 0.267 e. The fourth-order valence-corrected chi connectivity index (χ4v) is 4.44. The van der Waals surface area contributed by atoms with Gasteiger partial charge in [-0.1, -0.05) is 32.9 Å². The van der Waals surface area contributed by atoms with E-state index in [9.17, 15) is 13.2 Å².